The van der Waals surface area contributed by atoms with Crippen LogP contribution in [0.25, 0.3) is 0 Å². The molecule has 7 nitrogen and oxygen atoms in total. The third-order valence-electron chi connectivity index (χ3n) is 3.58. The van der Waals surface area contributed by atoms with Crippen LogP contribution in [0.15, 0.2) is 65.7 Å². The number of rotatable bonds is 3. The summed E-state index contributed by atoms with van der Waals surface area (Å²) in [6, 6.07) is 18.8. The standard InChI is InChI=1S/C18H15N5O2/c19-11-12-22-13-16(21-17(24)20-14-7-3-1-4-8-14)23(18(22)25)15-9-5-2-6-10-15/h1-10H,12-13H2,(H,20,24)/b21-16+. The van der Waals surface area contributed by atoms with Gasteiger partial charge in [-0.15, -0.1) is 0 Å². The monoisotopic (exact) mass is 333 g/mol. The smallest absolute Gasteiger partial charge is 0.306 e. The average Bonchev–Trinajstić information content (AvgIpc) is 2.92. The summed E-state index contributed by atoms with van der Waals surface area (Å²) in [6.45, 7) is 0.0327. The van der Waals surface area contributed by atoms with Crippen molar-refractivity contribution in [3.63, 3.8) is 0 Å². The highest BCUT2D eigenvalue weighted by atomic mass is 16.2. The van der Waals surface area contributed by atoms with Crippen molar-refractivity contribution in [3.8, 4) is 6.07 Å². The first-order valence-corrected chi connectivity index (χ1v) is 7.63. The van der Waals surface area contributed by atoms with Gasteiger partial charge in [-0.25, -0.2) is 14.5 Å². The van der Waals surface area contributed by atoms with E-state index in [2.05, 4.69) is 10.3 Å². The Balaban J connectivity index is 1.87. The molecule has 0 aliphatic carbocycles. The lowest BCUT2D eigenvalue weighted by Gasteiger charge is -2.16. The van der Waals surface area contributed by atoms with Crippen molar-refractivity contribution in [1.29, 1.82) is 5.26 Å². The highest BCUT2D eigenvalue weighted by molar-refractivity contribution is 6.24. The zero-order valence-corrected chi connectivity index (χ0v) is 13.3. The van der Waals surface area contributed by atoms with Crippen molar-refractivity contribution in [2.24, 2.45) is 4.99 Å². The second-order valence-electron chi connectivity index (χ2n) is 5.29. The molecule has 1 heterocycles. The van der Waals surface area contributed by atoms with Gasteiger partial charge in [0.25, 0.3) is 0 Å². The van der Waals surface area contributed by atoms with Gasteiger partial charge in [-0.3, -0.25) is 0 Å². The number of aliphatic imine (C=N–C) groups is 1. The van der Waals surface area contributed by atoms with Crippen LogP contribution in [0.5, 0.6) is 0 Å². The number of urea groups is 2. The maximum Gasteiger partial charge on any atom is 0.347 e. The number of hydrogen-bond donors (Lipinski definition) is 1. The van der Waals surface area contributed by atoms with Crippen molar-refractivity contribution in [1.82, 2.24) is 4.90 Å². The Kier molecular flexibility index (Phi) is 4.72. The van der Waals surface area contributed by atoms with E-state index in [0.717, 1.165) is 0 Å². The molecular weight excluding hydrogens is 318 g/mol. The number of carbonyl (C=O) groups is 2. The fourth-order valence-electron chi connectivity index (χ4n) is 2.48. The summed E-state index contributed by atoms with van der Waals surface area (Å²) in [4.78, 5) is 31.4. The summed E-state index contributed by atoms with van der Waals surface area (Å²) in [6.07, 6.45) is 0. The van der Waals surface area contributed by atoms with Crippen molar-refractivity contribution in [2.45, 2.75) is 0 Å². The molecule has 0 spiro atoms. The summed E-state index contributed by atoms with van der Waals surface area (Å²) in [5.41, 5.74) is 1.21. The van der Waals surface area contributed by atoms with Crippen LogP contribution >= 0.6 is 0 Å². The molecule has 3 rings (SSSR count). The zero-order chi connectivity index (χ0) is 17.6. The first-order chi connectivity index (χ1) is 12.2. The number of amides is 4. The lowest BCUT2D eigenvalue weighted by Crippen LogP contribution is -2.33. The summed E-state index contributed by atoms with van der Waals surface area (Å²) >= 11 is 0. The number of nitrogens with zero attached hydrogens (tertiary/aromatic N) is 4. The SMILES string of the molecule is N#CCN1C/C(=N\C(=O)Nc2ccccc2)N(c2ccccc2)C1=O. The molecule has 0 atom stereocenters. The third kappa shape index (κ3) is 3.64. The van der Waals surface area contributed by atoms with Gasteiger partial charge in [-0.1, -0.05) is 36.4 Å². The number of carbonyl (C=O) groups excluding carboxylic acids is 2. The first-order valence-electron chi connectivity index (χ1n) is 7.63. The maximum atomic E-state index is 12.5. The molecule has 1 fully saturated rings. The number of nitriles is 1. The number of nitrogens with one attached hydrogen (secondary N) is 1. The Labute approximate surface area is 144 Å². The summed E-state index contributed by atoms with van der Waals surface area (Å²) < 4.78 is 0. The number of amidine groups is 1. The molecule has 25 heavy (non-hydrogen) atoms. The van der Waals surface area contributed by atoms with Crippen molar-refractivity contribution < 1.29 is 9.59 Å². The Bertz CT molecular complexity index is 843. The second kappa shape index (κ2) is 7.27. The van der Waals surface area contributed by atoms with Crippen molar-refractivity contribution >= 4 is 29.3 Å². The highest BCUT2D eigenvalue weighted by Crippen LogP contribution is 2.21. The maximum absolute atomic E-state index is 12.5. The normalized spacial score (nSPS) is 15.3. The van der Waals surface area contributed by atoms with Gasteiger partial charge in [-0.05, 0) is 24.3 Å². The first kappa shape index (κ1) is 16.2. The van der Waals surface area contributed by atoms with Crippen LogP contribution in [0, 0.1) is 11.3 Å². The Morgan fingerprint density at radius 2 is 1.76 bits per heavy atom. The van der Waals surface area contributed by atoms with E-state index < -0.39 is 6.03 Å². The van der Waals surface area contributed by atoms with Gasteiger partial charge in [0.1, 0.15) is 12.4 Å². The summed E-state index contributed by atoms with van der Waals surface area (Å²) in [5, 5.41) is 11.5. The van der Waals surface area contributed by atoms with Crippen LogP contribution < -0.4 is 10.2 Å². The Hall–Kier alpha value is -3.66. The molecule has 0 unspecified atom stereocenters. The molecule has 1 aliphatic rings. The minimum absolute atomic E-state index is 0.0680. The second-order valence-corrected chi connectivity index (χ2v) is 5.29. The van der Waals surface area contributed by atoms with E-state index in [9.17, 15) is 9.59 Å². The number of benzene rings is 2. The van der Waals surface area contributed by atoms with Crippen LogP contribution in [0.2, 0.25) is 0 Å². The largest absolute Gasteiger partial charge is 0.347 e. The van der Waals surface area contributed by atoms with E-state index in [-0.39, 0.29) is 25.0 Å². The Morgan fingerprint density at radius 3 is 2.40 bits per heavy atom. The van der Waals surface area contributed by atoms with Gasteiger partial charge in [0.15, 0.2) is 0 Å². The topological polar surface area (TPSA) is 88.8 Å². The van der Waals surface area contributed by atoms with Crippen molar-refractivity contribution in [2.75, 3.05) is 23.3 Å². The highest BCUT2D eigenvalue weighted by Gasteiger charge is 2.35. The Morgan fingerprint density at radius 1 is 1.12 bits per heavy atom. The molecule has 1 aliphatic heterocycles. The molecule has 0 bridgehead atoms. The number of para-hydroxylation sites is 2. The van der Waals surface area contributed by atoms with Gasteiger partial charge in [0.05, 0.1) is 18.3 Å². The molecule has 1 N–H and O–H groups in total. The predicted octanol–water partition coefficient (Wildman–Crippen LogP) is 3.08. The van der Waals surface area contributed by atoms with Crippen LogP contribution in [0.3, 0.4) is 0 Å². The molecule has 0 radical (unpaired) electrons. The molecule has 4 amide bonds. The molecule has 2 aromatic carbocycles. The zero-order valence-electron chi connectivity index (χ0n) is 13.3. The number of hydrogen-bond acceptors (Lipinski definition) is 3. The number of anilines is 2. The fraction of sp³-hybridized carbons (Fsp3) is 0.111. The van der Waals surface area contributed by atoms with Crippen LogP contribution in [-0.2, 0) is 0 Å². The average molecular weight is 333 g/mol. The quantitative estimate of drug-likeness (QED) is 0.875. The van der Waals surface area contributed by atoms with E-state index in [1.165, 1.54) is 9.80 Å². The third-order valence-corrected chi connectivity index (χ3v) is 3.58. The van der Waals surface area contributed by atoms with E-state index in [1.54, 1.807) is 48.5 Å². The van der Waals surface area contributed by atoms with Gasteiger partial charge in [0.2, 0.25) is 0 Å². The predicted molar refractivity (Wildman–Crippen MR) is 94.4 cm³/mol. The molecule has 7 heteroatoms. The van der Waals surface area contributed by atoms with Gasteiger partial charge < -0.3 is 10.2 Å². The molecule has 124 valence electrons. The van der Waals surface area contributed by atoms with Crippen LogP contribution in [0.1, 0.15) is 0 Å². The lowest BCUT2D eigenvalue weighted by molar-refractivity contribution is 0.225. The van der Waals surface area contributed by atoms with E-state index >= 15 is 0 Å². The van der Waals surface area contributed by atoms with Gasteiger partial charge in [-0.2, -0.15) is 10.3 Å². The van der Waals surface area contributed by atoms with Crippen LogP contribution in [-0.4, -0.2) is 35.9 Å². The summed E-state index contributed by atoms with van der Waals surface area (Å²) in [7, 11) is 0. The van der Waals surface area contributed by atoms with Gasteiger partial charge in [0, 0.05) is 5.69 Å². The van der Waals surface area contributed by atoms with E-state index in [0.29, 0.717) is 11.4 Å². The van der Waals surface area contributed by atoms with Crippen molar-refractivity contribution in [3.05, 3.63) is 60.7 Å². The van der Waals surface area contributed by atoms with Crippen LogP contribution in [0.4, 0.5) is 21.0 Å². The lowest BCUT2D eigenvalue weighted by atomic mass is 10.3. The molecule has 1 saturated heterocycles. The van der Waals surface area contributed by atoms with Gasteiger partial charge >= 0.3 is 12.1 Å². The summed E-state index contributed by atoms with van der Waals surface area (Å²) in [5.74, 6) is 0.278. The molecule has 0 saturated carbocycles. The minimum Gasteiger partial charge on any atom is -0.306 e. The molecule has 2 aromatic rings. The molecular formula is C18H15N5O2. The minimum atomic E-state index is -0.575. The van der Waals surface area contributed by atoms with E-state index in [4.69, 9.17) is 5.26 Å². The molecule has 0 aromatic heterocycles. The fourth-order valence-corrected chi connectivity index (χ4v) is 2.48. The van der Waals surface area contributed by atoms with E-state index in [1.807, 2.05) is 18.2 Å².